The lowest BCUT2D eigenvalue weighted by molar-refractivity contribution is -0.119. The molecule has 34 heavy (non-hydrogen) atoms. The number of aromatic nitrogens is 2. The average Bonchev–Trinajstić information content (AvgIpc) is 3.37. The number of aliphatic hydroxyl groups excluding tert-OH is 1. The van der Waals surface area contributed by atoms with Gasteiger partial charge in [-0.25, -0.2) is 14.4 Å². The molecule has 180 valence electrons. The second-order valence-corrected chi connectivity index (χ2v) is 9.15. The van der Waals surface area contributed by atoms with Crippen molar-refractivity contribution >= 4 is 44.9 Å². The number of rotatable bonds is 8. The van der Waals surface area contributed by atoms with Crippen molar-refractivity contribution in [2.24, 2.45) is 0 Å². The number of carbonyl (C=O) groups excluding carboxylic acids is 2. The van der Waals surface area contributed by atoms with Gasteiger partial charge < -0.3 is 25.8 Å². The van der Waals surface area contributed by atoms with Crippen LogP contribution in [0.2, 0.25) is 0 Å². The van der Waals surface area contributed by atoms with Gasteiger partial charge in [-0.1, -0.05) is 0 Å². The number of carbonyl (C=O) groups is 2. The van der Waals surface area contributed by atoms with Crippen molar-refractivity contribution < 1.29 is 23.8 Å². The number of hydrogen-bond acceptors (Lipinski definition) is 8. The second-order valence-electron chi connectivity index (χ2n) is 8.15. The molecule has 1 saturated carbocycles. The van der Waals surface area contributed by atoms with Gasteiger partial charge >= 0.3 is 0 Å². The van der Waals surface area contributed by atoms with E-state index in [1.54, 1.807) is 6.07 Å². The van der Waals surface area contributed by atoms with E-state index in [1.165, 1.54) is 36.7 Å². The Kier molecular flexibility index (Phi) is 7.23. The Balaban J connectivity index is 1.59. The Morgan fingerprint density at radius 1 is 1.29 bits per heavy atom. The summed E-state index contributed by atoms with van der Waals surface area (Å²) in [6.45, 7) is 3.30. The van der Waals surface area contributed by atoms with Gasteiger partial charge in [-0.15, -0.1) is 11.3 Å². The van der Waals surface area contributed by atoms with E-state index in [9.17, 15) is 14.0 Å². The highest BCUT2D eigenvalue weighted by molar-refractivity contribution is 7.20. The van der Waals surface area contributed by atoms with Crippen molar-refractivity contribution in [2.75, 3.05) is 18.5 Å². The van der Waals surface area contributed by atoms with Gasteiger partial charge in [0.05, 0.1) is 22.6 Å². The molecule has 0 spiro atoms. The molecule has 4 N–H and O–H groups in total. The number of aryl methyl sites for hydroxylation is 1. The Bertz CT molecular complexity index is 1220. The summed E-state index contributed by atoms with van der Waals surface area (Å²) in [5.41, 5.74) is 1.23. The standard InChI is InChI=1S/C23H26FN5O4S/c1-12-19-21(26-11-27-23(19)34-20(12)22(32)25-7-8-30)29-17-6-3-14(24)9-18(17)33-16-5-4-15(10-16)28-13(2)31/h3,6,9,11,15-16,30H,4-5,7-8,10H2,1-2H3,(H,25,32)(H,28,31)(H,26,27,29). The summed E-state index contributed by atoms with van der Waals surface area (Å²) in [6, 6.07) is 4.27. The summed E-state index contributed by atoms with van der Waals surface area (Å²) < 4.78 is 20.2. The van der Waals surface area contributed by atoms with Crippen LogP contribution in [0.25, 0.3) is 10.2 Å². The number of ether oxygens (including phenoxy) is 1. The fourth-order valence-electron chi connectivity index (χ4n) is 4.10. The van der Waals surface area contributed by atoms with Gasteiger partial charge in [0, 0.05) is 32.0 Å². The molecule has 2 unspecified atom stereocenters. The zero-order valence-corrected chi connectivity index (χ0v) is 19.7. The van der Waals surface area contributed by atoms with Crippen molar-refractivity contribution in [2.45, 2.75) is 45.3 Å². The summed E-state index contributed by atoms with van der Waals surface area (Å²) in [4.78, 5) is 33.6. The van der Waals surface area contributed by atoms with Gasteiger partial charge in [-0.3, -0.25) is 9.59 Å². The molecular formula is C23H26FN5O4S. The number of hydrogen-bond donors (Lipinski definition) is 4. The molecule has 1 aliphatic rings. The van der Waals surface area contributed by atoms with Gasteiger partial charge in [0.25, 0.3) is 5.91 Å². The van der Waals surface area contributed by atoms with E-state index in [4.69, 9.17) is 9.84 Å². The van der Waals surface area contributed by atoms with Crippen LogP contribution in [0.3, 0.4) is 0 Å². The molecule has 1 aliphatic carbocycles. The van der Waals surface area contributed by atoms with Gasteiger partial charge in [-0.05, 0) is 37.5 Å². The third-order valence-electron chi connectivity index (χ3n) is 5.61. The Morgan fingerprint density at radius 3 is 2.88 bits per heavy atom. The highest BCUT2D eigenvalue weighted by Crippen LogP contribution is 2.37. The molecule has 0 bridgehead atoms. The van der Waals surface area contributed by atoms with Crippen molar-refractivity contribution in [3.05, 3.63) is 40.8 Å². The van der Waals surface area contributed by atoms with Crippen LogP contribution in [0.1, 0.15) is 41.4 Å². The molecule has 11 heteroatoms. The summed E-state index contributed by atoms with van der Waals surface area (Å²) in [7, 11) is 0. The molecule has 9 nitrogen and oxygen atoms in total. The van der Waals surface area contributed by atoms with E-state index in [2.05, 4.69) is 25.9 Å². The third-order valence-corrected chi connectivity index (χ3v) is 6.81. The molecule has 2 heterocycles. The number of nitrogens with zero attached hydrogens (tertiary/aromatic N) is 2. The SMILES string of the molecule is CC(=O)NC1CCC(Oc2cc(F)ccc2Nc2ncnc3sc(C(=O)NCCO)c(C)c23)C1. The van der Waals surface area contributed by atoms with E-state index in [1.807, 2.05) is 6.92 Å². The van der Waals surface area contributed by atoms with Crippen molar-refractivity contribution in [1.82, 2.24) is 20.6 Å². The molecule has 2 aromatic heterocycles. The minimum atomic E-state index is -0.431. The molecular weight excluding hydrogens is 461 g/mol. The zero-order valence-electron chi connectivity index (χ0n) is 18.9. The molecule has 2 amide bonds. The van der Waals surface area contributed by atoms with Crippen LogP contribution < -0.4 is 20.7 Å². The molecule has 1 aromatic carbocycles. The molecule has 2 atom stereocenters. The Morgan fingerprint density at radius 2 is 2.12 bits per heavy atom. The average molecular weight is 488 g/mol. The Labute approximate surface area is 199 Å². The van der Waals surface area contributed by atoms with E-state index in [0.717, 1.165) is 12.8 Å². The number of nitrogens with one attached hydrogen (secondary N) is 3. The molecule has 0 aliphatic heterocycles. The molecule has 3 aromatic rings. The van der Waals surface area contributed by atoms with Gasteiger partial charge in [0.15, 0.2) is 0 Å². The largest absolute Gasteiger partial charge is 0.488 e. The quantitative estimate of drug-likeness (QED) is 0.385. The number of benzene rings is 1. The summed E-state index contributed by atoms with van der Waals surface area (Å²) >= 11 is 1.23. The molecule has 0 saturated heterocycles. The van der Waals surface area contributed by atoms with E-state index in [-0.39, 0.29) is 37.1 Å². The summed E-state index contributed by atoms with van der Waals surface area (Å²) in [5.74, 6) is 0.00990. The number of thiophene rings is 1. The first-order chi connectivity index (χ1) is 16.4. The molecule has 4 rings (SSSR count). The van der Waals surface area contributed by atoms with E-state index >= 15 is 0 Å². The predicted molar refractivity (Wildman–Crippen MR) is 127 cm³/mol. The highest BCUT2D eigenvalue weighted by Gasteiger charge is 2.27. The summed E-state index contributed by atoms with van der Waals surface area (Å²) in [5, 5.41) is 18.4. The van der Waals surface area contributed by atoms with Crippen LogP contribution in [0.5, 0.6) is 5.75 Å². The van der Waals surface area contributed by atoms with Crippen LogP contribution in [0.15, 0.2) is 24.5 Å². The smallest absolute Gasteiger partial charge is 0.261 e. The van der Waals surface area contributed by atoms with E-state index < -0.39 is 5.82 Å². The normalized spacial score (nSPS) is 17.5. The lowest BCUT2D eigenvalue weighted by atomic mass is 10.2. The minimum Gasteiger partial charge on any atom is -0.488 e. The number of halogens is 1. The first-order valence-corrected chi connectivity index (χ1v) is 11.8. The maximum absolute atomic E-state index is 14.1. The fraction of sp³-hybridized carbons (Fsp3) is 0.391. The first kappa shape index (κ1) is 23.8. The second kappa shape index (κ2) is 10.3. The molecule has 0 radical (unpaired) electrons. The van der Waals surface area contributed by atoms with Crippen LogP contribution >= 0.6 is 11.3 Å². The third kappa shape index (κ3) is 5.26. The lowest BCUT2D eigenvalue weighted by Crippen LogP contribution is -2.31. The molecule has 1 fully saturated rings. The zero-order chi connectivity index (χ0) is 24.2. The predicted octanol–water partition coefficient (Wildman–Crippen LogP) is 3.04. The lowest BCUT2D eigenvalue weighted by Gasteiger charge is -2.18. The van der Waals surface area contributed by atoms with Gasteiger partial charge in [-0.2, -0.15) is 0 Å². The van der Waals surface area contributed by atoms with Crippen molar-refractivity contribution in [3.8, 4) is 5.75 Å². The van der Waals surface area contributed by atoms with Crippen LogP contribution in [-0.2, 0) is 4.79 Å². The summed E-state index contributed by atoms with van der Waals surface area (Å²) in [6.07, 6.45) is 3.42. The first-order valence-electron chi connectivity index (χ1n) is 11.0. The Hall–Kier alpha value is -3.31. The van der Waals surface area contributed by atoms with Crippen LogP contribution in [0.4, 0.5) is 15.9 Å². The van der Waals surface area contributed by atoms with Crippen LogP contribution in [-0.4, -0.2) is 52.2 Å². The fourth-order valence-corrected chi connectivity index (χ4v) is 5.17. The number of amides is 2. The maximum atomic E-state index is 14.1. The van der Waals surface area contributed by atoms with Crippen molar-refractivity contribution in [1.29, 1.82) is 0 Å². The van der Waals surface area contributed by atoms with E-state index in [0.29, 0.717) is 44.3 Å². The van der Waals surface area contributed by atoms with Crippen LogP contribution in [0, 0.1) is 12.7 Å². The number of anilines is 2. The maximum Gasteiger partial charge on any atom is 0.261 e. The highest BCUT2D eigenvalue weighted by atomic mass is 32.1. The number of fused-ring (bicyclic) bond motifs is 1. The van der Waals surface area contributed by atoms with Crippen molar-refractivity contribution in [3.63, 3.8) is 0 Å². The topological polar surface area (TPSA) is 125 Å². The monoisotopic (exact) mass is 487 g/mol. The van der Waals surface area contributed by atoms with Gasteiger partial charge in [0.1, 0.15) is 34.6 Å². The van der Waals surface area contributed by atoms with Gasteiger partial charge in [0.2, 0.25) is 5.91 Å². The minimum absolute atomic E-state index is 0.0396. The number of aliphatic hydroxyl groups is 1.